The molecule has 0 amide bonds. The fourth-order valence-electron chi connectivity index (χ4n) is 1.52. The zero-order chi connectivity index (χ0) is 15.8. The molecule has 114 valence electrons. The fourth-order valence-corrected chi connectivity index (χ4v) is 2.42. The van der Waals surface area contributed by atoms with Gasteiger partial charge < -0.3 is 5.73 Å². The van der Waals surface area contributed by atoms with Crippen LogP contribution in [-0.2, 0) is 16.2 Å². The number of aromatic nitrogens is 3. The van der Waals surface area contributed by atoms with Gasteiger partial charge in [-0.2, -0.15) is 18.3 Å². The first-order valence-electron chi connectivity index (χ1n) is 5.46. The number of hydrogen-bond acceptors (Lipinski definition) is 5. The third-order valence-corrected chi connectivity index (χ3v) is 3.96. The number of sulfonamides is 1. The average Bonchev–Trinajstić information content (AvgIpc) is 2.88. The molecule has 11 heteroatoms. The molecule has 0 unspecified atom stereocenters. The molecule has 3 N–H and O–H groups in total. The van der Waals surface area contributed by atoms with E-state index in [1.807, 2.05) is 4.72 Å². The smallest absolute Gasteiger partial charge is 0.397 e. The maximum absolute atomic E-state index is 12.6. The first-order chi connectivity index (χ1) is 9.65. The lowest BCUT2D eigenvalue weighted by Crippen LogP contribution is -2.21. The van der Waals surface area contributed by atoms with Gasteiger partial charge in [-0.1, -0.05) is 0 Å². The Labute approximate surface area is 117 Å². The van der Waals surface area contributed by atoms with Crippen molar-refractivity contribution in [3.8, 4) is 5.82 Å². The van der Waals surface area contributed by atoms with Crippen molar-refractivity contribution in [3.63, 3.8) is 0 Å². The van der Waals surface area contributed by atoms with Crippen molar-refractivity contribution in [1.29, 1.82) is 0 Å². The molecule has 0 saturated heterocycles. The number of halogens is 3. The summed E-state index contributed by atoms with van der Waals surface area (Å²) < 4.78 is 64.2. The van der Waals surface area contributed by atoms with Gasteiger partial charge in [-0.25, -0.2) is 22.8 Å². The Morgan fingerprint density at radius 2 is 2.00 bits per heavy atom. The normalized spacial score (nSPS) is 12.6. The van der Waals surface area contributed by atoms with Crippen LogP contribution in [0.5, 0.6) is 0 Å². The maximum atomic E-state index is 12.6. The number of nitrogen functional groups attached to an aromatic ring is 1. The number of alkyl halides is 3. The topological polar surface area (TPSA) is 103 Å². The van der Waals surface area contributed by atoms with Gasteiger partial charge in [-0.05, 0) is 13.1 Å². The summed E-state index contributed by atoms with van der Waals surface area (Å²) in [7, 11) is -2.80. The van der Waals surface area contributed by atoms with Crippen LogP contribution in [0.1, 0.15) is 5.56 Å². The number of rotatable bonds is 3. The molecule has 0 atom stereocenters. The molecule has 0 fully saturated rings. The van der Waals surface area contributed by atoms with E-state index in [0.717, 1.165) is 24.0 Å². The lowest BCUT2D eigenvalue weighted by atomic mass is 10.3. The number of pyridine rings is 1. The van der Waals surface area contributed by atoms with Crippen LogP contribution >= 0.6 is 0 Å². The van der Waals surface area contributed by atoms with Gasteiger partial charge >= 0.3 is 6.18 Å². The number of nitrogens with two attached hydrogens (primary N) is 1. The number of nitrogens with zero attached hydrogens (tertiary/aromatic N) is 3. The number of nitrogens with one attached hydrogen (secondary N) is 1. The van der Waals surface area contributed by atoms with E-state index < -0.39 is 21.8 Å². The van der Waals surface area contributed by atoms with Crippen molar-refractivity contribution in [2.45, 2.75) is 11.1 Å². The van der Waals surface area contributed by atoms with Crippen molar-refractivity contribution in [2.75, 3.05) is 12.8 Å². The summed E-state index contributed by atoms with van der Waals surface area (Å²) in [6.07, 6.45) is -2.24. The molecule has 2 aromatic rings. The fraction of sp³-hybridized carbons (Fsp3) is 0.200. The molecule has 21 heavy (non-hydrogen) atoms. The van der Waals surface area contributed by atoms with Crippen molar-refractivity contribution in [2.24, 2.45) is 0 Å². The number of anilines is 1. The predicted octanol–water partition coefficient (Wildman–Crippen LogP) is 0.776. The third-order valence-electron chi connectivity index (χ3n) is 2.54. The van der Waals surface area contributed by atoms with Gasteiger partial charge in [0.05, 0.1) is 23.6 Å². The summed E-state index contributed by atoms with van der Waals surface area (Å²) in [6, 6.07) is 1.09. The van der Waals surface area contributed by atoms with Gasteiger partial charge in [0.2, 0.25) is 10.0 Å². The number of hydrogen-bond donors (Lipinski definition) is 2. The van der Waals surface area contributed by atoms with Crippen molar-refractivity contribution in [3.05, 3.63) is 30.2 Å². The van der Waals surface area contributed by atoms with Gasteiger partial charge in [0.15, 0.2) is 5.82 Å². The van der Waals surface area contributed by atoms with Crippen molar-refractivity contribution < 1.29 is 21.6 Å². The maximum Gasteiger partial charge on any atom is 0.419 e. The van der Waals surface area contributed by atoms with E-state index >= 15 is 0 Å². The molecular weight excluding hydrogens is 311 g/mol. The van der Waals surface area contributed by atoms with Crippen LogP contribution in [0.2, 0.25) is 0 Å². The molecule has 0 radical (unpaired) electrons. The van der Waals surface area contributed by atoms with Crippen molar-refractivity contribution >= 4 is 15.7 Å². The minimum absolute atomic E-state index is 0.0516. The third kappa shape index (κ3) is 2.97. The Morgan fingerprint density at radius 1 is 1.33 bits per heavy atom. The zero-order valence-corrected chi connectivity index (χ0v) is 11.4. The van der Waals surface area contributed by atoms with Crippen LogP contribution in [0.25, 0.3) is 5.82 Å². The second-order valence-corrected chi connectivity index (χ2v) is 5.82. The highest BCUT2D eigenvalue weighted by atomic mass is 32.2. The second-order valence-electron chi connectivity index (χ2n) is 3.97. The molecule has 0 aliphatic carbocycles. The highest BCUT2D eigenvalue weighted by Crippen LogP contribution is 2.29. The zero-order valence-electron chi connectivity index (χ0n) is 10.6. The van der Waals surface area contributed by atoms with Crippen LogP contribution in [0.15, 0.2) is 29.6 Å². The van der Waals surface area contributed by atoms with E-state index in [-0.39, 0.29) is 16.4 Å². The van der Waals surface area contributed by atoms with Gasteiger partial charge in [-0.15, -0.1) is 0 Å². The molecule has 0 aliphatic rings. The average molecular weight is 321 g/mol. The molecule has 0 aromatic carbocycles. The summed E-state index contributed by atoms with van der Waals surface area (Å²) in [5.41, 5.74) is 4.50. The second kappa shape index (κ2) is 5.00. The minimum Gasteiger partial charge on any atom is -0.397 e. The SMILES string of the molecule is CNS(=O)(=O)c1cc(N)cnc1-n1cc(C(F)(F)F)cn1. The molecule has 2 aromatic heterocycles. The molecule has 0 aliphatic heterocycles. The quantitative estimate of drug-likeness (QED) is 0.869. The highest BCUT2D eigenvalue weighted by Gasteiger charge is 2.33. The van der Waals surface area contributed by atoms with Crippen LogP contribution in [0.4, 0.5) is 18.9 Å². The van der Waals surface area contributed by atoms with Crippen LogP contribution in [0.3, 0.4) is 0 Å². The molecule has 0 spiro atoms. The van der Waals surface area contributed by atoms with Crippen molar-refractivity contribution in [1.82, 2.24) is 19.5 Å². The van der Waals surface area contributed by atoms with Crippen LogP contribution in [-0.4, -0.2) is 30.2 Å². The lowest BCUT2D eigenvalue weighted by Gasteiger charge is -2.09. The Hall–Kier alpha value is -2.14. The first-order valence-corrected chi connectivity index (χ1v) is 6.95. The largest absolute Gasteiger partial charge is 0.419 e. The minimum atomic E-state index is -4.59. The summed E-state index contributed by atoms with van der Waals surface area (Å²) in [6.45, 7) is 0. The summed E-state index contributed by atoms with van der Waals surface area (Å²) in [4.78, 5) is 3.37. The van der Waals surface area contributed by atoms with Crippen LogP contribution in [0, 0.1) is 0 Å². The Kier molecular flexibility index (Phi) is 3.63. The summed E-state index contributed by atoms with van der Waals surface area (Å²) >= 11 is 0. The summed E-state index contributed by atoms with van der Waals surface area (Å²) in [5.74, 6) is -0.283. The molecule has 0 saturated carbocycles. The Bertz CT molecular complexity index is 769. The summed E-state index contributed by atoms with van der Waals surface area (Å²) in [5, 5.41) is 3.49. The Morgan fingerprint density at radius 3 is 2.52 bits per heavy atom. The molecule has 7 nitrogen and oxygen atoms in total. The molecule has 2 rings (SSSR count). The van der Waals surface area contributed by atoms with E-state index in [1.54, 1.807) is 0 Å². The van der Waals surface area contributed by atoms with E-state index in [0.29, 0.717) is 12.4 Å². The molecular formula is C10H10F3N5O2S. The standard InChI is InChI=1S/C10H10F3N5O2S/c1-15-21(19,20)8-2-7(14)4-16-9(8)18-5-6(3-17-18)10(11,12)13/h2-5,15H,14H2,1H3. The van der Waals surface area contributed by atoms with Gasteiger partial charge in [0, 0.05) is 6.20 Å². The van der Waals surface area contributed by atoms with E-state index in [9.17, 15) is 21.6 Å². The van der Waals surface area contributed by atoms with E-state index in [1.165, 1.54) is 0 Å². The van der Waals surface area contributed by atoms with Gasteiger partial charge in [0.1, 0.15) is 4.90 Å². The van der Waals surface area contributed by atoms with E-state index in [4.69, 9.17) is 5.73 Å². The van der Waals surface area contributed by atoms with Gasteiger partial charge in [-0.3, -0.25) is 0 Å². The molecule has 2 heterocycles. The lowest BCUT2D eigenvalue weighted by molar-refractivity contribution is -0.137. The van der Waals surface area contributed by atoms with Crippen LogP contribution < -0.4 is 10.5 Å². The van der Waals surface area contributed by atoms with E-state index in [2.05, 4.69) is 10.1 Å². The van der Waals surface area contributed by atoms with Gasteiger partial charge in [0.25, 0.3) is 0 Å². The molecule has 0 bridgehead atoms. The first kappa shape index (κ1) is 15.3. The Balaban J connectivity index is 2.62. The highest BCUT2D eigenvalue weighted by molar-refractivity contribution is 7.89. The predicted molar refractivity (Wildman–Crippen MR) is 67.0 cm³/mol. The monoisotopic (exact) mass is 321 g/mol.